The summed E-state index contributed by atoms with van der Waals surface area (Å²) < 4.78 is 18.5. The highest BCUT2D eigenvalue weighted by Crippen LogP contribution is 2.31. The highest BCUT2D eigenvalue weighted by Gasteiger charge is 2.08. The summed E-state index contributed by atoms with van der Waals surface area (Å²) >= 11 is 0. The SMILES string of the molecule is CCCCCCOc1cc(C)c(-c2ccc(CF)cc2)c(C)c1. The lowest BCUT2D eigenvalue weighted by Crippen LogP contribution is -1.99. The molecule has 0 heterocycles. The number of unbranched alkanes of at least 4 members (excludes halogenated alkanes) is 3. The van der Waals surface area contributed by atoms with Crippen LogP contribution in [0.2, 0.25) is 0 Å². The van der Waals surface area contributed by atoms with Gasteiger partial charge in [0.2, 0.25) is 0 Å². The molecule has 0 atom stereocenters. The van der Waals surface area contributed by atoms with Crippen molar-refractivity contribution in [3.05, 3.63) is 53.1 Å². The van der Waals surface area contributed by atoms with Gasteiger partial charge in [0.05, 0.1) is 6.61 Å². The molecule has 0 spiro atoms. The minimum Gasteiger partial charge on any atom is -0.494 e. The van der Waals surface area contributed by atoms with E-state index in [2.05, 4.69) is 32.9 Å². The third kappa shape index (κ3) is 4.82. The number of aryl methyl sites for hydroxylation is 2. The minimum absolute atomic E-state index is 0.414. The highest BCUT2D eigenvalue weighted by molar-refractivity contribution is 5.72. The van der Waals surface area contributed by atoms with E-state index in [4.69, 9.17) is 4.74 Å². The van der Waals surface area contributed by atoms with E-state index >= 15 is 0 Å². The van der Waals surface area contributed by atoms with E-state index in [1.54, 1.807) is 0 Å². The van der Waals surface area contributed by atoms with Crippen LogP contribution >= 0.6 is 0 Å². The molecule has 2 heteroatoms. The van der Waals surface area contributed by atoms with Gasteiger partial charge >= 0.3 is 0 Å². The van der Waals surface area contributed by atoms with E-state index in [1.807, 2.05) is 24.3 Å². The molecule has 23 heavy (non-hydrogen) atoms. The zero-order valence-corrected chi connectivity index (χ0v) is 14.5. The fraction of sp³-hybridized carbons (Fsp3) is 0.429. The van der Waals surface area contributed by atoms with Crippen LogP contribution in [0, 0.1) is 13.8 Å². The molecule has 124 valence electrons. The Morgan fingerprint density at radius 1 is 0.913 bits per heavy atom. The van der Waals surface area contributed by atoms with Crippen molar-refractivity contribution in [3.63, 3.8) is 0 Å². The second kappa shape index (κ2) is 8.71. The molecule has 2 aromatic rings. The summed E-state index contributed by atoms with van der Waals surface area (Å²) in [6, 6.07) is 11.9. The number of rotatable bonds is 8. The molecule has 0 saturated carbocycles. The largest absolute Gasteiger partial charge is 0.494 e. The molecule has 0 bridgehead atoms. The molecule has 1 nitrogen and oxygen atoms in total. The standard InChI is InChI=1S/C21H27FO/c1-4-5-6-7-12-23-20-13-16(2)21(17(3)14-20)19-10-8-18(15-22)9-11-19/h8-11,13-14H,4-7,12,15H2,1-3H3. The van der Waals surface area contributed by atoms with Crippen molar-refractivity contribution in [1.29, 1.82) is 0 Å². The van der Waals surface area contributed by atoms with Crippen LogP contribution in [0.1, 0.15) is 49.3 Å². The van der Waals surface area contributed by atoms with Gasteiger partial charge in [0.25, 0.3) is 0 Å². The van der Waals surface area contributed by atoms with Crippen molar-refractivity contribution in [3.8, 4) is 16.9 Å². The van der Waals surface area contributed by atoms with Crippen molar-refractivity contribution in [2.24, 2.45) is 0 Å². The average molecular weight is 314 g/mol. The van der Waals surface area contributed by atoms with Gasteiger partial charge in [-0.05, 0) is 60.2 Å². The van der Waals surface area contributed by atoms with E-state index in [0.717, 1.165) is 29.9 Å². The van der Waals surface area contributed by atoms with Gasteiger partial charge in [-0.1, -0.05) is 50.5 Å². The number of halogens is 1. The monoisotopic (exact) mass is 314 g/mol. The van der Waals surface area contributed by atoms with Crippen molar-refractivity contribution < 1.29 is 9.13 Å². The first kappa shape index (κ1) is 17.5. The number of benzene rings is 2. The maximum absolute atomic E-state index is 12.7. The third-order valence-corrected chi connectivity index (χ3v) is 4.17. The number of hydrogen-bond acceptors (Lipinski definition) is 1. The molecular weight excluding hydrogens is 287 g/mol. The molecule has 0 radical (unpaired) electrons. The predicted molar refractivity (Wildman–Crippen MR) is 95.8 cm³/mol. The summed E-state index contributed by atoms with van der Waals surface area (Å²) in [5, 5.41) is 0. The van der Waals surface area contributed by atoms with Gasteiger partial charge in [-0.2, -0.15) is 0 Å². The van der Waals surface area contributed by atoms with Gasteiger partial charge in [0.1, 0.15) is 12.4 Å². The van der Waals surface area contributed by atoms with Crippen LogP contribution in [0.25, 0.3) is 11.1 Å². The predicted octanol–water partition coefficient (Wildman–Crippen LogP) is 6.40. The smallest absolute Gasteiger partial charge is 0.119 e. The molecule has 0 aliphatic heterocycles. The molecule has 0 saturated heterocycles. The van der Waals surface area contributed by atoms with Crippen LogP contribution in [0.4, 0.5) is 4.39 Å². The maximum Gasteiger partial charge on any atom is 0.119 e. The van der Waals surface area contributed by atoms with Gasteiger partial charge in [0.15, 0.2) is 0 Å². The summed E-state index contributed by atoms with van der Waals surface area (Å²) in [4.78, 5) is 0. The number of hydrogen-bond donors (Lipinski definition) is 0. The fourth-order valence-electron chi connectivity index (χ4n) is 2.94. The zero-order chi connectivity index (χ0) is 16.7. The van der Waals surface area contributed by atoms with Crippen LogP contribution in [0.15, 0.2) is 36.4 Å². The Morgan fingerprint density at radius 2 is 1.57 bits per heavy atom. The highest BCUT2D eigenvalue weighted by atomic mass is 19.1. The maximum atomic E-state index is 12.7. The Balaban J connectivity index is 2.10. The first-order chi connectivity index (χ1) is 11.2. The lowest BCUT2D eigenvalue weighted by molar-refractivity contribution is 0.305. The van der Waals surface area contributed by atoms with Gasteiger partial charge in [-0.25, -0.2) is 4.39 Å². The van der Waals surface area contributed by atoms with Crippen molar-refractivity contribution in [1.82, 2.24) is 0 Å². The van der Waals surface area contributed by atoms with Crippen LogP contribution in [0.3, 0.4) is 0 Å². The van der Waals surface area contributed by atoms with E-state index in [9.17, 15) is 4.39 Å². The Hall–Kier alpha value is -1.83. The van der Waals surface area contributed by atoms with Gasteiger partial charge in [-0.3, -0.25) is 0 Å². The van der Waals surface area contributed by atoms with Crippen LogP contribution < -0.4 is 4.74 Å². The summed E-state index contributed by atoms with van der Waals surface area (Å²) in [5.41, 5.74) is 5.46. The molecule has 0 aromatic heterocycles. The molecule has 0 amide bonds. The third-order valence-electron chi connectivity index (χ3n) is 4.17. The Labute approximate surface area is 139 Å². The molecule has 0 aliphatic carbocycles. The summed E-state index contributed by atoms with van der Waals surface area (Å²) in [6.45, 7) is 6.80. The number of alkyl halides is 1. The second-order valence-corrected chi connectivity index (χ2v) is 6.17. The molecule has 0 N–H and O–H groups in total. The van der Waals surface area contributed by atoms with Crippen molar-refractivity contribution >= 4 is 0 Å². The fourth-order valence-corrected chi connectivity index (χ4v) is 2.94. The summed E-state index contributed by atoms with van der Waals surface area (Å²) in [6.07, 6.45) is 4.86. The van der Waals surface area contributed by atoms with E-state index in [0.29, 0.717) is 0 Å². The lowest BCUT2D eigenvalue weighted by atomic mass is 9.95. The van der Waals surface area contributed by atoms with Gasteiger partial charge in [0, 0.05) is 0 Å². The average Bonchev–Trinajstić information content (AvgIpc) is 2.55. The Kier molecular flexibility index (Phi) is 6.64. The van der Waals surface area contributed by atoms with Crippen molar-refractivity contribution in [2.45, 2.75) is 53.1 Å². The molecule has 0 aliphatic rings. The molecule has 2 aromatic carbocycles. The van der Waals surface area contributed by atoms with Crippen molar-refractivity contribution in [2.75, 3.05) is 6.61 Å². The van der Waals surface area contributed by atoms with Crippen LogP contribution in [-0.2, 0) is 6.67 Å². The molecule has 0 unspecified atom stereocenters. The lowest BCUT2D eigenvalue weighted by Gasteiger charge is -2.14. The van der Waals surface area contributed by atoms with E-state index in [-0.39, 0.29) is 0 Å². The zero-order valence-electron chi connectivity index (χ0n) is 14.5. The Bertz CT molecular complexity index is 593. The molecule has 0 fully saturated rings. The van der Waals surface area contributed by atoms with Crippen LogP contribution in [0.5, 0.6) is 5.75 Å². The second-order valence-electron chi connectivity index (χ2n) is 6.17. The summed E-state index contributed by atoms with van der Waals surface area (Å²) in [7, 11) is 0. The minimum atomic E-state index is -0.414. The van der Waals surface area contributed by atoms with E-state index < -0.39 is 6.67 Å². The topological polar surface area (TPSA) is 9.23 Å². The van der Waals surface area contributed by atoms with Crippen LogP contribution in [-0.4, -0.2) is 6.61 Å². The normalized spacial score (nSPS) is 10.8. The summed E-state index contributed by atoms with van der Waals surface area (Å²) in [5.74, 6) is 0.945. The van der Waals surface area contributed by atoms with E-state index in [1.165, 1.54) is 36.0 Å². The van der Waals surface area contributed by atoms with Gasteiger partial charge < -0.3 is 4.74 Å². The Morgan fingerprint density at radius 3 is 2.13 bits per heavy atom. The number of ether oxygens (including phenoxy) is 1. The quantitative estimate of drug-likeness (QED) is 0.512. The first-order valence-electron chi connectivity index (χ1n) is 8.55. The van der Waals surface area contributed by atoms with Gasteiger partial charge in [-0.15, -0.1) is 0 Å². The molecular formula is C21H27FO. The molecule has 2 rings (SSSR count). The first-order valence-corrected chi connectivity index (χ1v) is 8.55.